The fraction of sp³-hybridized carbons (Fsp3) is 1.00. The Morgan fingerprint density at radius 3 is 2.27 bits per heavy atom. The molecule has 0 aliphatic heterocycles. The average Bonchev–Trinajstić information content (AvgIpc) is 1.97. The van der Waals surface area contributed by atoms with Gasteiger partial charge in [0.15, 0.2) is 0 Å². The van der Waals surface area contributed by atoms with E-state index in [4.69, 9.17) is 0 Å². The summed E-state index contributed by atoms with van der Waals surface area (Å²) in [7, 11) is 0. The van der Waals surface area contributed by atoms with Gasteiger partial charge in [-0.1, -0.05) is 13.8 Å². The van der Waals surface area contributed by atoms with E-state index in [1.807, 2.05) is 11.8 Å². The second-order valence-electron chi connectivity index (χ2n) is 2.92. The SMILES string of the molecule is CCSCCN(CC)C(C)C. The minimum Gasteiger partial charge on any atom is -0.300 e. The molecular weight excluding hydrogens is 154 g/mol. The van der Waals surface area contributed by atoms with E-state index in [0.717, 1.165) is 0 Å². The van der Waals surface area contributed by atoms with E-state index in [0.29, 0.717) is 6.04 Å². The first-order valence-corrected chi connectivity index (χ1v) is 5.69. The largest absolute Gasteiger partial charge is 0.300 e. The van der Waals surface area contributed by atoms with Gasteiger partial charge in [0, 0.05) is 18.3 Å². The van der Waals surface area contributed by atoms with Gasteiger partial charge in [0.25, 0.3) is 0 Å². The van der Waals surface area contributed by atoms with Crippen molar-refractivity contribution in [1.82, 2.24) is 4.90 Å². The molecule has 0 bridgehead atoms. The molecule has 0 aromatic carbocycles. The second-order valence-corrected chi connectivity index (χ2v) is 4.31. The zero-order chi connectivity index (χ0) is 8.69. The van der Waals surface area contributed by atoms with Crippen LogP contribution in [0.2, 0.25) is 0 Å². The highest BCUT2D eigenvalue weighted by Gasteiger charge is 2.04. The van der Waals surface area contributed by atoms with Gasteiger partial charge >= 0.3 is 0 Å². The average molecular weight is 175 g/mol. The first-order chi connectivity index (χ1) is 5.22. The predicted molar refractivity (Wildman–Crippen MR) is 55.4 cm³/mol. The summed E-state index contributed by atoms with van der Waals surface area (Å²) < 4.78 is 0. The van der Waals surface area contributed by atoms with Gasteiger partial charge in [0.1, 0.15) is 0 Å². The van der Waals surface area contributed by atoms with Crippen molar-refractivity contribution in [2.24, 2.45) is 0 Å². The van der Waals surface area contributed by atoms with Gasteiger partial charge < -0.3 is 4.90 Å². The predicted octanol–water partition coefficient (Wildman–Crippen LogP) is 2.47. The molecule has 0 aliphatic rings. The zero-order valence-electron chi connectivity index (χ0n) is 8.26. The monoisotopic (exact) mass is 175 g/mol. The van der Waals surface area contributed by atoms with Crippen LogP contribution in [-0.4, -0.2) is 35.5 Å². The van der Waals surface area contributed by atoms with E-state index in [9.17, 15) is 0 Å². The van der Waals surface area contributed by atoms with Crippen molar-refractivity contribution in [3.8, 4) is 0 Å². The molecule has 0 aliphatic carbocycles. The van der Waals surface area contributed by atoms with Crippen molar-refractivity contribution in [3.05, 3.63) is 0 Å². The van der Waals surface area contributed by atoms with Gasteiger partial charge in [-0.05, 0) is 26.1 Å². The van der Waals surface area contributed by atoms with Crippen molar-refractivity contribution >= 4 is 11.8 Å². The standard InChI is InChI=1S/C9H21NS/c1-5-10(9(3)4)7-8-11-6-2/h9H,5-8H2,1-4H3. The topological polar surface area (TPSA) is 3.24 Å². The van der Waals surface area contributed by atoms with Crippen LogP contribution in [-0.2, 0) is 0 Å². The van der Waals surface area contributed by atoms with Gasteiger partial charge in [-0.25, -0.2) is 0 Å². The molecule has 68 valence electrons. The molecule has 0 rings (SSSR count). The van der Waals surface area contributed by atoms with E-state index in [1.165, 1.54) is 24.6 Å². The molecule has 2 heteroatoms. The lowest BCUT2D eigenvalue weighted by molar-refractivity contribution is 0.249. The van der Waals surface area contributed by atoms with Crippen molar-refractivity contribution in [1.29, 1.82) is 0 Å². The number of nitrogens with zero attached hydrogens (tertiary/aromatic N) is 1. The quantitative estimate of drug-likeness (QED) is 0.571. The summed E-state index contributed by atoms with van der Waals surface area (Å²) in [5, 5.41) is 0. The zero-order valence-corrected chi connectivity index (χ0v) is 9.08. The smallest absolute Gasteiger partial charge is 0.00749 e. The van der Waals surface area contributed by atoms with E-state index >= 15 is 0 Å². The Labute approximate surface area is 75.5 Å². The molecule has 0 radical (unpaired) electrons. The second kappa shape index (κ2) is 6.99. The summed E-state index contributed by atoms with van der Waals surface area (Å²) in [6, 6.07) is 0.706. The number of thioether (sulfide) groups is 1. The molecule has 1 nitrogen and oxygen atoms in total. The Morgan fingerprint density at radius 2 is 1.91 bits per heavy atom. The molecule has 0 spiro atoms. The van der Waals surface area contributed by atoms with E-state index in [1.54, 1.807) is 0 Å². The van der Waals surface area contributed by atoms with Crippen LogP contribution in [0.5, 0.6) is 0 Å². The third-order valence-corrected chi connectivity index (χ3v) is 2.74. The van der Waals surface area contributed by atoms with Crippen LogP contribution in [0.25, 0.3) is 0 Å². The van der Waals surface area contributed by atoms with E-state index < -0.39 is 0 Å². The van der Waals surface area contributed by atoms with Crippen LogP contribution < -0.4 is 0 Å². The Hall–Kier alpha value is 0.310. The summed E-state index contributed by atoms with van der Waals surface area (Å²) in [6.07, 6.45) is 0. The van der Waals surface area contributed by atoms with Crippen molar-refractivity contribution in [2.45, 2.75) is 33.7 Å². The normalized spacial score (nSPS) is 11.5. The van der Waals surface area contributed by atoms with Crippen LogP contribution in [0.3, 0.4) is 0 Å². The van der Waals surface area contributed by atoms with Gasteiger partial charge in [-0.15, -0.1) is 0 Å². The van der Waals surface area contributed by atoms with Crippen LogP contribution in [0, 0.1) is 0 Å². The first-order valence-electron chi connectivity index (χ1n) is 4.54. The van der Waals surface area contributed by atoms with Crippen molar-refractivity contribution in [2.75, 3.05) is 24.6 Å². The molecule has 0 aromatic rings. The molecular formula is C9H21NS. The Kier molecular flexibility index (Phi) is 7.18. The van der Waals surface area contributed by atoms with Crippen LogP contribution in [0.4, 0.5) is 0 Å². The fourth-order valence-electron chi connectivity index (χ4n) is 1.11. The Balaban J connectivity index is 3.36. The maximum absolute atomic E-state index is 2.50. The minimum atomic E-state index is 0.706. The summed E-state index contributed by atoms with van der Waals surface area (Å²) in [6.45, 7) is 11.4. The molecule has 0 heterocycles. The molecule has 0 unspecified atom stereocenters. The van der Waals surface area contributed by atoms with Gasteiger partial charge in [0.2, 0.25) is 0 Å². The van der Waals surface area contributed by atoms with Gasteiger partial charge in [-0.3, -0.25) is 0 Å². The highest BCUT2D eigenvalue weighted by Crippen LogP contribution is 2.02. The lowest BCUT2D eigenvalue weighted by Crippen LogP contribution is -2.32. The van der Waals surface area contributed by atoms with Gasteiger partial charge in [-0.2, -0.15) is 11.8 Å². The third kappa shape index (κ3) is 5.57. The third-order valence-electron chi connectivity index (χ3n) is 1.86. The van der Waals surface area contributed by atoms with Crippen LogP contribution in [0.1, 0.15) is 27.7 Å². The Bertz CT molecular complexity index is 83.6. The maximum atomic E-state index is 2.50. The van der Waals surface area contributed by atoms with E-state index in [2.05, 4.69) is 32.6 Å². The van der Waals surface area contributed by atoms with Crippen LogP contribution >= 0.6 is 11.8 Å². The highest BCUT2D eigenvalue weighted by molar-refractivity contribution is 7.99. The molecule has 0 aromatic heterocycles. The number of hydrogen-bond donors (Lipinski definition) is 0. The summed E-state index contributed by atoms with van der Waals surface area (Å²) in [5.41, 5.74) is 0. The number of hydrogen-bond acceptors (Lipinski definition) is 2. The Morgan fingerprint density at radius 1 is 1.27 bits per heavy atom. The fourth-order valence-corrected chi connectivity index (χ4v) is 1.76. The van der Waals surface area contributed by atoms with Gasteiger partial charge in [0.05, 0.1) is 0 Å². The van der Waals surface area contributed by atoms with Crippen molar-refractivity contribution < 1.29 is 0 Å². The molecule has 0 amide bonds. The lowest BCUT2D eigenvalue weighted by Gasteiger charge is -2.24. The van der Waals surface area contributed by atoms with Crippen molar-refractivity contribution in [3.63, 3.8) is 0 Å². The molecule has 0 saturated heterocycles. The maximum Gasteiger partial charge on any atom is 0.00749 e. The van der Waals surface area contributed by atoms with E-state index in [-0.39, 0.29) is 0 Å². The van der Waals surface area contributed by atoms with Crippen LogP contribution in [0.15, 0.2) is 0 Å². The summed E-state index contributed by atoms with van der Waals surface area (Å²) in [5.74, 6) is 2.53. The summed E-state index contributed by atoms with van der Waals surface area (Å²) >= 11 is 2.03. The molecule has 11 heavy (non-hydrogen) atoms. The summed E-state index contributed by atoms with van der Waals surface area (Å²) in [4.78, 5) is 2.50. The minimum absolute atomic E-state index is 0.706. The molecule has 0 saturated carbocycles. The lowest BCUT2D eigenvalue weighted by atomic mass is 10.3. The molecule has 0 N–H and O–H groups in total. The number of rotatable bonds is 6. The first kappa shape index (κ1) is 11.3. The molecule has 0 atom stereocenters. The molecule has 0 fully saturated rings. The highest BCUT2D eigenvalue weighted by atomic mass is 32.2.